The molecule has 1 aromatic carbocycles. The Labute approximate surface area is 147 Å². The number of nitrogens with one attached hydrogen (secondary N) is 2. The Bertz CT molecular complexity index is 734. The molecule has 7 nitrogen and oxygen atoms in total. The van der Waals surface area contributed by atoms with Gasteiger partial charge in [0.25, 0.3) is 0 Å². The third-order valence-electron chi connectivity index (χ3n) is 4.39. The Morgan fingerprint density at radius 2 is 2.12 bits per heavy atom. The highest BCUT2D eigenvalue weighted by Crippen LogP contribution is 2.19. The molecule has 0 spiro atoms. The maximum Gasteiger partial charge on any atom is 0.234 e. The summed E-state index contributed by atoms with van der Waals surface area (Å²) in [5.41, 5.74) is 1.94. The molecule has 0 bridgehead atoms. The number of H-pyrrole nitrogens is 1. The molecule has 1 fully saturated rings. The van der Waals surface area contributed by atoms with Crippen molar-refractivity contribution in [3.63, 3.8) is 0 Å². The minimum Gasteiger partial charge on any atom is -0.497 e. The molecule has 2 aromatic rings. The van der Waals surface area contributed by atoms with Crippen LogP contribution in [0.4, 0.5) is 0 Å². The lowest BCUT2D eigenvalue weighted by Gasteiger charge is -2.33. The molecule has 1 aliphatic heterocycles. The lowest BCUT2D eigenvalue weighted by molar-refractivity contribution is -0.122. The second-order valence-corrected chi connectivity index (χ2v) is 6.21. The molecule has 0 radical (unpaired) electrons. The summed E-state index contributed by atoms with van der Waals surface area (Å²) in [6.07, 6.45) is 1.69. The van der Waals surface area contributed by atoms with Gasteiger partial charge in [0, 0.05) is 38.8 Å². The van der Waals surface area contributed by atoms with Crippen molar-refractivity contribution in [1.82, 2.24) is 25.1 Å². The maximum absolute atomic E-state index is 11.8. The number of aromatic amines is 1. The Morgan fingerprint density at radius 1 is 1.36 bits per heavy atom. The number of benzene rings is 1. The number of carbonyl (C=O) groups is 1. The van der Waals surface area contributed by atoms with Gasteiger partial charge in [-0.05, 0) is 12.1 Å². The third-order valence-corrected chi connectivity index (χ3v) is 4.39. The van der Waals surface area contributed by atoms with E-state index in [4.69, 9.17) is 4.74 Å². The van der Waals surface area contributed by atoms with Crippen molar-refractivity contribution >= 4 is 16.9 Å². The first-order valence-electron chi connectivity index (χ1n) is 8.53. The summed E-state index contributed by atoms with van der Waals surface area (Å²) in [5.74, 6) is 1.84. The Hall–Kier alpha value is -2.38. The van der Waals surface area contributed by atoms with Crippen molar-refractivity contribution in [3.8, 4) is 5.75 Å². The number of imidazole rings is 1. The van der Waals surface area contributed by atoms with E-state index in [2.05, 4.69) is 31.7 Å². The molecule has 0 saturated carbocycles. The van der Waals surface area contributed by atoms with Crippen molar-refractivity contribution < 1.29 is 9.53 Å². The lowest BCUT2D eigenvalue weighted by atomic mass is 10.3. The predicted molar refractivity (Wildman–Crippen MR) is 97.6 cm³/mol. The van der Waals surface area contributed by atoms with E-state index in [0.29, 0.717) is 13.1 Å². The SMILES string of the molecule is C=CCNC(=O)CN1CCN(Cc2nc3ccc(OC)cc3[nH]2)CC1. The van der Waals surface area contributed by atoms with Gasteiger partial charge in [-0.15, -0.1) is 6.58 Å². The Balaban J connectivity index is 1.50. The van der Waals surface area contributed by atoms with E-state index in [1.807, 2.05) is 18.2 Å². The maximum atomic E-state index is 11.8. The first-order chi connectivity index (χ1) is 12.2. The van der Waals surface area contributed by atoms with Gasteiger partial charge >= 0.3 is 0 Å². The van der Waals surface area contributed by atoms with E-state index in [9.17, 15) is 4.79 Å². The summed E-state index contributed by atoms with van der Waals surface area (Å²) in [6, 6.07) is 5.85. The predicted octanol–water partition coefficient (Wildman–Crippen LogP) is 0.991. The van der Waals surface area contributed by atoms with E-state index < -0.39 is 0 Å². The molecule has 134 valence electrons. The van der Waals surface area contributed by atoms with Crippen LogP contribution in [0.2, 0.25) is 0 Å². The molecule has 1 amide bonds. The third kappa shape index (κ3) is 4.58. The number of aromatic nitrogens is 2. The smallest absolute Gasteiger partial charge is 0.234 e. The second-order valence-electron chi connectivity index (χ2n) is 6.21. The number of fused-ring (bicyclic) bond motifs is 1. The standard InChI is InChI=1S/C18H25N5O2/c1-3-6-19-18(24)13-23-9-7-22(8-10-23)12-17-20-15-5-4-14(25-2)11-16(15)21-17/h3-5,11H,1,6-10,12-13H2,2H3,(H,19,24)(H,20,21). The summed E-state index contributed by atoms with van der Waals surface area (Å²) in [7, 11) is 1.66. The number of rotatable bonds is 7. The van der Waals surface area contributed by atoms with Crippen molar-refractivity contribution in [3.05, 3.63) is 36.7 Å². The van der Waals surface area contributed by atoms with Crippen molar-refractivity contribution in [1.29, 1.82) is 0 Å². The van der Waals surface area contributed by atoms with Crippen LogP contribution < -0.4 is 10.1 Å². The van der Waals surface area contributed by atoms with Gasteiger partial charge in [-0.3, -0.25) is 14.6 Å². The molecule has 2 heterocycles. The summed E-state index contributed by atoms with van der Waals surface area (Å²) >= 11 is 0. The van der Waals surface area contributed by atoms with E-state index >= 15 is 0 Å². The van der Waals surface area contributed by atoms with Gasteiger partial charge in [-0.25, -0.2) is 4.98 Å². The first kappa shape index (κ1) is 17.4. The zero-order chi connectivity index (χ0) is 17.6. The van der Waals surface area contributed by atoms with E-state index in [0.717, 1.165) is 55.3 Å². The van der Waals surface area contributed by atoms with Gasteiger partial charge in [0.2, 0.25) is 5.91 Å². The summed E-state index contributed by atoms with van der Waals surface area (Å²) in [6.45, 7) is 8.98. The number of hydrogen-bond acceptors (Lipinski definition) is 5. The highest BCUT2D eigenvalue weighted by Gasteiger charge is 2.19. The summed E-state index contributed by atoms with van der Waals surface area (Å²) < 4.78 is 5.25. The van der Waals surface area contributed by atoms with E-state index in [1.54, 1.807) is 13.2 Å². The number of hydrogen-bond donors (Lipinski definition) is 2. The van der Waals surface area contributed by atoms with Crippen molar-refractivity contribution in [2.24, 2.45) is 0 Å². The summed E-state index contributed by atoms with van der Waals surface area (Å²) in [5, 5.41) is 2.82. The summed E-state index contributed by atoms with van der Waals surface area (Å²) in [4.78, 5) is 24.3. The van der Waals surface area contributed by atoms with Crippen LogP contribution in [0.1, 0.15) is 5.82 Å². The molecule has 7 heteroatoms. The van der Waals surface area contributed by atoms with Crippen LogP contribution in [0.3, 0.4) is 0 Å². The molecule has 25 heavy (non-hydrogen) atoms. The number of piperazine rings is 1. The molecular formula is C18H25N5O2. The van der Waals surface area contributed by atoms with Crippen molar-refractivity contribution in [2.45, 2.75) is 6.54 Å². The van der Waals surface area contributed by atoms with Gasteiger partial charge in [0.05, 0.1) is 31.2 Å². The number of methoxy groups -OCH3 is 1. The number of carbonyl (C=O) groups excluding carboxylic acids is 1. The second kappa shape index (κ2) is 8.13. The molecule has 0 atom stereocenters. The van der Waals surface area contributed by atoms with Crippen LogP contribution in [0.25, 0.3) is 11.0 Å². The minimum absolute atomic E-state index is 0.0552. The largest absolute Gasteiger partial charge is 0.497 e. The van der Waals surface area contributed by atoms with Crippen LogP contribution in [-0.4, -0.2) is 72.1 Å². The Morgan fingerprint density at radius 3 is 2.84 bits per heavy atom. The minimum atomic E-state index is 0.0552. The van der Waals surface area contributed by atoms with Crippen molar-refractivity contribution in [2.75, 3.05) is 46.4 Å². The number of nitrogens with zero attached hydrogens (tertiary/aromatic N) is 3. The zero-order valence-electron chi connectivity index (χ0n) is 14.6. The normalized spacial score (nSPS) is 16.0. The van der Waals surface area contributed by atoms with Crippen LogP contribution in [0, 0.1) is 0 Å². The molecular weight excluding hydrogens is 318 g/mol. The number of ether oxygens (including phenoxy) is 1. The molecule has 0 unspecified atom stereocenters. The van der Waals surface area contributed by atoms with Gasteiger partial charge in [-0.1, -0.05) is 6.08 Å². The van der Waals surface area contributed by atoms with Crippen LogP contribution in [-0.2, 0) is 11.3 Å². The molecule has 1 aliphatic rings. The fourth-order valence-electron chi connectivity index (χ4n) is 3.01. The van der Waals surface area contributed by atoms with Crippen LogP contribution in [0.5, 0.6) is 5.75 Å². The van der Waals surface area contributed by atoms with Gasteiger partial charge in [0.15, 0.2) is 0 Å². The molecule has 3 rings (SSSR count). The highest BCUT2D eigenvalue weighted by atomic mass is 16.5. The van der Waals surface area contributed by atoms with Gasteiger partial charge < -0.3 is 15.0 Å². The fourth-order valence-corrected chi connectivity index (χ4v) is 3.01. The fraction of sp³-hybridized carbons (Fsp3) is 0.444. The average Bonchev–Trinajstić information content (AvgIpc) is 3.02. The topological polar surface area (TPSA) is 73.5 Å². The average molecular weight is 343 g/mol. The lowest BCUT2D eigenvalue weighted by Crippen LogP contribution is -2.49. The molecule has 1 aromatic heterocycles. The van der Waals surface area contributed by atoms with Crippen LogP contribution in [0.15, 0.2) is 30.9 Å². The zero-order valence-corrected chi connectivity index (χ0v) is 14.6. The molecule has 1 saturated heterocycles. The monoisotopic (exact) mass is 343 g/mol. The first-order valence-corrected chi connectivity index (χ1v) is 8.53. The van der Waals surface area contributed by atoms with Gasteiger partial charge in [0.1, 0.15) is 11.6 Å². The molecule has 2 N–H and O–H groups in total. The van der Waals surface area contributed by atoms with Gasteiger partial charge in [-0.2, -0.15) is 0 Å². The number of amides is 1. The highest BCUT2D eigenvalue weighted by molar-refractivity contribution is 5.78. The Kier molecular flexibility index (Phi) is 5.67. The van der Waals surface area contributed by atoms with Crippen LogP contribution >= 0.6 is 0 Å². The van der Waals surface area contributed by atoms with E-state index in [1.165, 1.54) is 0 Å². The quantitative estimate of drug-likeness (QED) is 0.734. The van der Waals surface area contributed by atoms with E-state index in [-0.39, 0.29) is 5.91 Å². The molecule has 0 aliphatic carbocycles.